The fraction of sp³-hybridized carbons (Fsp3) is 0.333. The van der Waals surface area contributed by atoms with Crippen LogP contribution in [0.4, 0.5) is 10.1 Å². The van der Waals surface area contributed by atoms with Crippen molar-refractivity contribution in [3.8, 4) is 0 Å². The van der Waals surface area contributed by atoms with E-state index >= 15 is 0 Å². The molecule has 134 valence electrons. The molecule has 1 heterocycles. The molecule has 0 radical (unpaired) electrons. The first kappa shape index (κ1) is 18.2. The van der Waals surface area contributed by atoms with Gasteiger partial charge in [-0.3, -0.25) is 0 Å². The van der Waals surface area contributed by atoms with Crippen molar-refractivity contribution in [2.75, 3.05) is 31.1 Å². The lowest BCUT2D eigenvalue weighted by atomic mass is 10.1. The van der Waals surface area contributed by atoms with Crippen molar-refractivity contribution < 1.29 is 12.8 Å². The number of sulfonamides is 1. The molecule has 2 aromatic carbocycles. The fourth-order valence-corrected chi connectivity index (χ4v) is 4.91. The van der Waals surface area contributed by atoms with Gasteiger partial charge >= 0.3 is 0 Å². The fourth-order valence-electron chi connectivity index (χ4n) is 3.08. The van der Waals surface area contributed by atoms with Gasteiger partial charge in [-0.1, -0.05) is 23.7 Å². The van der Waals surface area contributed by atoms with Gasteiger partial charge in [0.2, 0.25) is 10.0 Å². The molecule has 4 nitrogen and oxygen atoms in total. The topological polar surface area (TPSA) is 40.6 Å². The number of rotatable bonds is 3. The van der Waals surface area contributed by atoms with Crippen LogP contribution in [0, 0.1) is 19.7 Å². The summed E-state index contributed by atoms with van der Waals surface area (Å²) in [6, 6.07) is 9.56. The second-order valence-electron chi connectivity index (χ2n) is 6.23. The number of nitrogens with zero attached hydrogens (tertiary/aromatic N) is 2. The zero-order valence-electron chi connectivity index (χ0n) is 14.2. The summed E-state index contributed by atoms with van der Waals surface area (Å²) in [5.41, 5.74) is 2.67. The van der Waals surface area contributed by atoms with Crippen LogP contribution in [-0.2, 0) is 10.0 Å². The molecule has 7 heteroatoms. The lowest BCUT2D eigenvalue weighted by Gasteiger charge is -2.36. The van der Waals surface area contributed by atoms with Crippen LogP contribution in [0.15, 0.2) is 41.3 Å². The van der Waals surface area contributed by atoms with E-state index in [1.165, 1.54) is 16.4 Å². The summed E-state index contributed by atoms with van der Waals surface area (Å²) < 4.78 is 40.6. The Hall–Kier alpha value is -1.63. The molecular formula is C18H20ClFN2O2S. The Morgan fingerprint density at radius 2 is 1.60 bits per heavy atom. The van der Waals surface area contributed by atoms with Crippen molar-refractivity contribution in [2.45, 2.75) is 18.7 Å². The van der Waals surface area contributed by atoms with E-state index in [4.69, 9.17) is 11.6 Å². The van der Waals surface area contributed by atoms with Gasteiger partial charge in [-0.25, -0.2) is 12.8 Å². The van der Waals surface area contributed by atoms with Gasteiger partial charge in [0.15, 0.2) is 0 Å². The second-order valence-corrected chi connectivity index (χ2v) is 8.57. The summed E-state index contributed by atoms with van der Waals surface area (Å²) in [6.45, 7) is 5.51. The summed E-state index contributed by atoms with van der Waals surface area (Å²) in [4.78, 5) is 2.17. The molecule has 0 aliphatic carbocycles. The van der Waals surface area contributed by atoms with Gasteiger partial charge in [-0.05, 0) is 49.2 Å². The SMILES string of the molecule is Cc1ccc(Cl)cc1N1CCN(S(=O)(=O)c2cc(F)ccc2C)CC1. The summed E-state index contributed by atoms with van der Waals surface area (Å²) in [6.07, 6.45) is 0. The molecule has 25 heavy (non-hydrogen) atoms. The maximum absolute atomic E-state index is 13.5. The van der Waals surface area contributed by atoms with Gasteiger partial charge in [0.25, 0.3) is 0 Å². The van der Waals surface area contributed by atoms with Crippen molar-refractivity contribution in [1.82, 2.24) is 4.31 Å². The number of piperazine rings is 1. The van der Waals surface area contributed by atoms with Gasteiger partial charge in [-0.15, -0.1) is 0 Å². The van der Waals surface area contributed by atoms with Crippen LogP contribution in [0.5, 0.6) is 0 Å². The minimum Gasteiger partial charge on any atom is -0.369 e. The van der Waals surface area contributed by atoms with E-state index in [2.05, 4.69) is 4.90 Å². The third-order valence-corrected chi connectivity index (χ3v) is 6.79. The molecule has 0 bridgehead atoms. The maximum atomic E-state index is 13.5. The van der Waals surface area contributed by atoms with Crippen LogP contribution in [0.2, 0.25) is 5.02 Å². The van der Waals surface area contributed by atoms with E-state index in [-0.39, 0.29) is 4.90 Å². The summed E-state index contributed by atoms with van der Waals surface area (Å²) >= 11 is 6.08. The van der Waals surface area contributed by atoms with E-state index in [0.717, 1.165) is 17.3 Å². The minimum absolute atomic E-state index is 0.0416. The smallest absolute Gasteiger partial charge is 0.243 e. The molecule has 1 aliphatic rings. The van der Waals surface area contributed by atoms with Crippen LogP contribution in [-0.4, -0.2) is 38.9 Å². The lowest BCUT2D eigenvalue weighted by molar-refractivity contribution is 0.384. The number of benzene rings is 2. The Bertz CT molecular complexity index is 894. The second kappa shape index (κ2) is 6.94. The van der Waals surface area contributed by atoms with Gasteiger partial charge in [0.1, 0.15) is 5.82 Å². The van der Waals surface area contributed by atoms with Crippen molar-refractivity contribution in [3.63, 3.8) is 0 Å². The van der Waals surface area contributed by atoms with Crippen molar-refractivity contribution in [1.29, 1.82) is 0 Å². The molecule has 0 N–H and O–H groups in total. The van der Waals surface area contributed by atoms with Gasteiger partial charge in [-0.2, -0.15) is 4.31 Å². The number of hydrogen-bond donors (Lipinski definition) is 0. The first-order valence-electron chi connectivity index (χ1n) is 8.06. The molecule has 2 aromatic rings. The quantitative estimate of drug-likeness (QED) is 0.814. The molecule has 0 atom stereocenters. The maximum Gasteiger partial charge on any atom is 0.243 e. The molecule has 3 rings (SSSR count). The standard InChI is InChI=1S/C18H20ClFN2O2S/c1-13-3-5-15(19)11-17(13)21-7-9-22(10-8-21)25(23,24)18-12-16(20)6-4-14(18)2/h3-6,11-12H,7-10H2,1-2H3. The van der Waals surface area contributed by atoms with Gasteiger partial charge < -0.3 is 4.90 Å². The zero-order chi connectivity index (χ0) is 18.2. The Morgan fingerprint density at radius 1 is 0.960 bits per heavy atom. The van der Waals surface area contributed by atoms with Crippen LogP contribution in [0.3, 0.4) is 0 Å². The first-order valence-corrected chi connectivity index (χ1v) is 9.88. The average Bonchev–Trinajstić information content (AvgIpc) is 2.59. The third-order valence-electron chi connectivity index (χ3n) is 4.52. The number of anilines is 1. The number of halogens is 2. The number of aryl methyl sites for hydroxylation is 2. The highest BCUT2D eigenvalue weighted by molar-refractivity contribution is 7.89. The normalized spacial score (nSPS) is 16.2. The first-order chi connectivity index (χ1) is 11.8. The minimum atomic E-state index is -3.70. The predicted molar refractivity (Wildman–Crippen MR) is 98.3 cm³/mol. The zero-order valence-corrected chi connectivity index (χ0v) is 15.7. The summed E-state index contributed by atoms with van der Waals surface area (Å²) in [5.74, 6) is -0.544. The molecule has 1 aliphatic heterocycles. The molecule has 0 spiro atoms. The van der Waals surface area contributed by atoms with Crippen LogP contribution in [0.1, 0.15) is 11.1 Å². The third kappa shape index (κ3) is 3.66. The Morgan fingerprint density at radius 3 is 2.28 bits per heavy atom. The highest BCUT2D eigenvalue weighted by atomic mass is 35.5. The van der Waals surface area contributed by atoms with Gasteiger partial charge in [0.05, 0.1) is 4.90 Å². The highest BCUT2D eigenvalue weighted by Crippen LogP contribution is 2.27. The summed E-state index contributed by atoms with van der Waals surface area (Å²) in [5, 5.41) is 0.658. The highest BCUT2D eigenvalue weighted by Gasteiger charge is 2.30. The lowest BCUT2D eigenvalue weighted by Crippen LogP contribution is -2.49. The van der Waals surface area contributed by atoms with E-state index in [0.29, 0.717) is 36.8 Å². The van der Waals surface area contributed by atoms with Crippen LogP contribution >= 0.6 is 11.6 Å². The Kier molecular flexibility index (Phi) is 5.04. The van der Waals surface area contributed by atoms with Crippen LogP contribution < -0.4 is 4.90 Å². The van der Waals surface area contributed by atoms with E-state index in [1.807, 2.05) is 25.1 Å². The molecule has 0 saturated carbocycles. The molecular weight excluding hydrogens is 363 g/mol. The van der Waals surface area contributed by atoms with Crippen LogP contribution in [0.25, 0.3) is 0 Å². The van der Waals surface area contributed by atoms with Crippen molar-refractivity contribution >= 4 is 27.3 Å². The Balaban J connectivity index is 1.80. The van der Waals surface area contributed by atoms with E-state index < -0.39 is 15.8 Å². The van der Waals surface area contributed by atoms with Crippen molar-refractivity contribution in [2.24, 2.45) is 0 Å². The van der Waals surface area contributed by atoms with E-state index in [1.54, 1.807) is 6.92 Å². The monoisotopic (exact) mass is 382 g/mol. The van der Waals surface area contributed by atoms with E-state index in [9.17, 15) is 12.8 Å². The molecule has 1 saturated heterocycles. The summed E-state index contributed by atoms with van der Waals surface area (Å²) in [7, 11) is -3.70. The number of hydrogen-bond acceptors (Lipinski definition) is 3. The molecule has 0 amide bonds. The average molecular weight is 383 g/mol. The van der Waals surface area contributed by atoms with Crippen molar-refractivity contribution in [3.05, 3.63) is 58.4 Å². The Labute approximate surface area is 152 Å². The van der Waals surface area contributed by atoms with Gasteiger partial charge in [0, 0.05) is 36.9 Å². The molecule has 1 fully saturated rings. The molecule has 0 unspecified atom stereocenters. The molecule has 0 aromatic heterocycles. The predicted octanol–water partition coefficient (Wildman–Crippen LogP) is 3.61. The largest absolute Gasteiger partial charge is 0.369 e.